The Balaban J connectivity index is 0.000000319. The Morgan fingerprint density at radius 1 is 0.811 bits per heavy atom. The van der Waals surface area contributed by atoms with Crippen molar-refractivity contribution in [1.82, 2.24) is 4.98 Å². The van der Waals surface area contributed by atoms with Crippen LogP contribution in [0.5, 0.6) is 0 Å². The molecule has 0 bridgehead atoms. The molecule has 0 amide bonds. The number of ketones is 1. The minimum absolute atomic E-state index is 0.124. The normalized spacial score (nSPS) is 10.9. The van der Waals surface area contributed by atoms with Gasteiger partial charge in [-0.1, -0.05) is 18.2 Å². The Morgan fingerprint density at radius 2 is 1.43 bits per heavy atom. The van der Waals surface area contributed by atoms with Crippen LogP contribution in [0.25, 0.3) is 11.3 Å². The molecule has 0 spiro atoms. The zero-order valence-electron chi connectivity index (χ0n) is 18.5. The van der Waals surface area contributed by atoms with Crippen LogP contribution in [0, 0.1) is 23.3 Å². The Hall–Kier alpha value is -4.54. The second kappa shape index (κ2) is 11.0. The number of halogens is 7. The van der Waals surface area contributed by atoms with Crippen LogP contribution in [0.15, 0.2) is 72.9 Å². The molecule has 11 heteroatoms. The standard InChI is InChI=1S/C19H11F5N2O.C7H4F2O/c20-10-5-6-12(15(21)9-10)18(27)13-7-8-26-17(16(13)25)11-3-1-2-4-14(11)19(22,23)24;8-6-2-1-5(4-10)7(9)3-6/h1-9H,25H2;1-4H. The van der Waals surface area contributed by atoms with E-state index < -0.39 is 46.4 Å². The van der Waals surface area contributed by atoms with Gasteiger partial charge in [0.05, 0.1) is 28.1 Å². The summed E-state index contributed by atoms with van der Waals surface area (Å²) in [5, 5.41) is 0. The van der Waals surface area contributed by atoms with Crippen molar-refractivity contribution in [2.75, 3.05) is 5.73 Å². The van der Waals surface area contributed by atoms with E-state index in [4.69, 9.17) is 5.73 Å². The highest BCUT2D eigenvalue weighted by Crippen LogP contribution is 2.38. The number of nitrogens with zero attached hydrogens (tertiary/aromatic N) is 1. The number of hydrogen-bond donors (Lipinski definition) is 1. The number of anilines is 1. The van der Waals surface area contributed by atoms with Gasteiger partial charge < -0.3 is 5.73 Å². The molecule has 4 rings (SSSR count). The topological polar surface area (TPSA) is 73.1 Å². The number of carbonyl (C=O) groups excluding carboxylic acids is 2. The van der Waals surface area contributed by atoms with Crippen molar-refractivity contribution >= 4 is 17.8 Å². The molecule has 0 unspecified atom stereocenters. The average Bonchev–Trinajstić information content (AvgIpc) is 2.84. The molecule has 0 aliphatic carbocycles. The summed E-state index contributed by atoms with van der Waals surface area (Å²) in [6, 6.07) is 11.0. The molecule has 2 N–H and O–H groups in total. The van der Waals surface area contributed by atoms with Crippen LogP contribution in [-0.4, -0.2) is 17.1 Å². The van der Waals surface area contributed by atoms with E-state index in [0.29, 0.717) is 18.4 Å². The quantitative estimate of drug-likeness (QED) is 0.186. The monoisotopic (exact) mass is 520 g/mol. The number of alkyl halides is 3. The summed E-state index contributed by atoms with van der Waals surface area (Å²) < 4.78 is 91.2. The van der Waals surface area contributed by atoms with Gasteiger partial charge in [0.1, 0.15) is 23.3 Å². The summed E-state index contributed by atoms with van der Waals surface area (Å²) in [5.41, 5.74) is 3.22. The number of nitrogen functional groups attached to an aromatic ring is 1. The first-order chi connectivity index (χ1) is 17.4. The lowest BCUT2D eigenvalue weighted by Crippen LogP contribution is -2.12. The number of carbonyl (C=O) groups is 2. The van der Waals surface area contributed by atoms with Gasteiger partial charge >= 0.3 is 6.18 Å². The maximum absolute atomic E-state index is 13.9. The third kappa shape index (κ3) is 6.18. The molecule has 0 aliphatic heterocycles. The minimum Gasteiger partial charge on any atom is -0.396 e. The van der Waals surface area contributed by atoms with Gasteiger partial charge in [-0.15, -0.1) is 0 Å². The minimum atomic E-state index is -4.66. The Kier molecular flexibility index (Phi) is 8.06. The summed E-state index contributed by atoms with van der Waals surface area (Å²) in [5.74, 6) is -4.36. The number of rotatable bonds is 4. The van der Waals surface area contributed by atoms with Gasteiger partial charge in [0.15, 0.2) is 12.1 Å². The van der Waals surface area contributed by atoms with E-state index in [2.05, 4.69) is 4.98 Å². The Morgan fingerprint density at radius 3 is 2.03 bits per heavy atom. The summed E-state index contributed by atoms with van der Waals surface area (Å²) >= 11 is 0. The molecule has 1 aromatic heterocycles. The van der Waals surface area contributed by atoms with Gasteiger partial charge in [0.25, 0.3) is 0 Å². The van der Waals surface area contributed by atoms with E-state index in [-0.39, 0.29) is 28.1 Å². The van der Waals surface area contributed by atoms with Gasteiger partial charge in [0.2, 0.25) is 0 Å². The molecule has 0 fully saturated rings. The highest BCUT2D eigenvalue weighted by atomic mass is 19.4. The van der Waals surface area contributed by atoms with Crippen LogP contribution >= 0.6 is 0 Å². The molecular weight excluding hydrogens is 505 g/mol. The largest absolute Gasteiger partial charge is 0.417 e. The highest BCUT2D eigenvalue weighted by Gasteiger charge is 2.34. The first kappa shape index (κ1) is 27.1. The third-order valence-corrected chi connectivity index (χ3v) is 4.99. The SMILES string of the molecule is Nc1c(C(=O)c2ccc(F)cc2F)ccnc1-c1ccccc1C(F)(F)F.O=Cc1ccc(F)cc1F. The molecule has 3 aromatic carbocycles. The van der Waals surface area contributed by atoms with E-state index in [1.807, 2.05) is 0 Å². The van der Waals surface area contributed by atoms with Crippen LogP contribution in [0.2, 0.25) is 0 Å². The van der Waals surface area contributed by atoms with E-state index in [9.17, 15) is 40.3 Å². The maximum Gasteiger partial charge on any atom is 0.417 e. The average molecular weight is 520 g/mol. The van der Waals surface area contributed by atoms with Crippen LogP contribution in [-0.2, 0) is 6.18 Å². The fraction of sp³-hybridized carbons (Fsp3) is 0.0385. The number of aldehydes is 1. The number of nitrogens with two attached hydrogens (primary N) is 1. The predicted molar refractivity (Wildman–Crippen MR) is 121 cm³/mol. The second-order valence-corrected chi connectivity index (χ2v) is 7.40. The first-order valence-electron chi connectivity index (χ1n) is 10.2. The number of aromatic nitrogens is 1. The van der Waals surface area contributed by atoms with Gasteiger partial charge in [-0.2, -0.15) is 13.2 Å². The fourth-order valence-electron chi connectivity index (χ4n) is 3.24. The van der Waals surface area contributed by atoms with Crippen molar-refractivity contribution in [3.8, 4) is 11.3 Å². The maximum atomic E-state index is 13.9. The summed E-state index contributed by atoms with van der Waals surface area (Å²) in [7, 11) is 0. The van der Waals surface area contributed by atoms with E-state index in [1.165, 1.54) is 24.3 Å². The first-order valence-corrected chi connectivity index (χ1v) is 10.2. The molecule has 0 aliphatic rings. The van der Waals surface area contributed by atoms with Gasteiger partial charge in [0, 0.05) is 29.5 Å². The molecule has 190 valence electrons. The molecule has 1 heterocycles. The summed E-state index contributed by atoms with van der Waals surface area (Å²) in [4.78, 5) is 26.4. The Labute approximate surface area is 205 Å². The predicted octanol–water partition coefficient (Wildman–Crippen LogP) is 6.64. The smallest absolute Gasteiger partial charge is 0.396 e. The number of benzene rings is 3. The van der Waals surface area contributed by atoms with Gasteiger partial charge in [-0.3, -0.25) is 14.6 Å². The number of pyridine rings is 1. The van der Waals surface area contributed by atoms with Crippen molar-refractivity contribution < 1.29 is 40.3 Å². The van der Waals surface area contributed by atoms with Crippen LogP contribution in [0.1, 0.15) is 31.8 Å². The molecule has 4 aromatic rings. The molecule has 0 radical (unpaired) electrons. The Bertz CT molecular complexity index is 1470. The summed E-state index contributed by atoms with van der Waals surface area (Å²) in [6.45, 7) is 0. The number of hydrogen-bond acceptors (Lipinski definition) is 4. The van der Waals surface area contributed by atoms with Crippen molar-refractivity contribution in [3.05, 3.63) is 118 Å². The zero-order valence-corrected chi connectivity index (χ0v) is 18.5. The molecule has 0 saturated heterocycles. The second-order valence-electron chi connectivity index (χ2n) is 7.40. The highest BCUT2D eigenvalue weighted by molar-refractivity contribution is 6.13. The van der Waals surface area contributed by atoms with Crippen LogP contribution < -0.4 is 5.73 Å². The van der Waals surface area contributed by atoms with Crippen LogP contribution in [0.4, 0.5) is 36.4 Å². The fourth-order valence-corrected chi connectivity index (χ4v) is 3.24. The van der Waals surface area contributed by atoms with Crippen molar-refractivity contribution in [2.24, 2.45) is 0 Å². The van der Waals surface area contributed by atoms with E-state index in [1.54, 1.807) is 0 Å². The van der Waals surface area contributed by atoms with Gasteiger partial charge in [-0.05, 0) is 36.4 Å². The van der Waals surface area contributed by atoms with Crippen molar-refractivity contribution in [2.45, 2.75) is 6.18 Å². The molecule has 0 saturated carbocycles. The lowest BCUT2D eigenvalue weighted by Gasteiger charge is -2.15. The van der Waals surface area contributed by atoms with Crippen molar-refractivity contribution in [1.29, 1.82) is 0 Å². The van der Waals surface area contributed by atoms with Crippen LogP contribution in [0.3, 0.4) is 0 Å². The lowest BCUT2D eigenvalue weighted by atomic mass is 9.97. The molecule has 4 nitrogen and oxygen atoms in total. The zero-order chi connectivity index (χ0) is 27.3. The molecule has 0 atom stereocenters. The summed E-state index contributed by atoms with van der Waals surface area (Å²) in [6.07, 6.45) is -3.21. The third-order valence-electron chi connectivity index (χ3n) is 4.99. The van der Waals surface area contributed by atoms with Crippen molar-refractivity contribution in [3.63, 3.8) is 0 Å². The van der Waals surface area contributed by atoms with E-state index >= 15 is 0 Å². The molecular formula is C26H15F7N2O2. The van der Waals surface area contributed by atoms with E-state index in [0.717, 1.165) is 36.5 Å². The van der Waals surface area contributed by atoms with Gasteiger partial charge in [-0.25, -0.2) is 17.6 Å². The molecule has 37 heavy (non-hydrogen) atoms. The lowest BCUT2D eigenvalue weighted by molar-refractivity contribution is -0.137.